The van der Waals surface area contributed by atoms with Gasteiger partial charge in [-0.2, -0.15) is 17.5 Å². The Hall–Kier alpha value is -2.30. The lowest BCUT2D eigenvalue weighted by molar-refractivity contribution is -0.153. The van der Waals surface area contributed by atoms with E-state index in [-0.39, 0.29) is 33.8 Å². The molecule has 1 amide bonds. The largest absolute Gasteiger partial charge is 0.484 e. The summed E-state index contributed by atoms with van der Waals surface area (Å²) in [6.07, 6.45) is -4.43. The van der Waals surface area contributed by atoms with E-state index in [0.717, 1.165) is 0 Å². The molecule has 0 spiro atoms. The van der Waals surface area contributed by atoms with Gasteiger partial charge in [-0.05, 0) is 49.7 Å². The Kier molecular flexibility index (Phi) is 7.96. The number of alkyl halides is 3. The molecule has 0 aliphatic carbocycles. The van der Waals surface area contributed by atoms with Crippen molar-refractivity contribution in [3.8, 4) is 5.75 Å². The minimum absolute atomic E-state index is 0.00923. The number of carbonyl (C=O) groups is 1. The molecular weight excluding hydrogens is 457 g/mol. The maximum atomic E-state index is 12.7. The Bertz CT molecular complexity index is 1030. The highest BCUT2D eigenvalue weighted by Crippen LogP contribution is 2.24. The van der Waals surface area contributed by atoms with Crippen molar-refractivity contribution in [3.63, 3.8) is 0 Å². The van der Waals surface area contributed by atoms with Crippen LogP contribution in [0.15, 0.2) is 47.4 Å². The first-order chi connectivity index (χ1) is 14.3. The van der Waals surface area contributed by atoms with E-state index in [1.165, 1.54) is 53.8 Å². The molecule has 2 rings (SSSR count). The number of carbonyl (C=O) groups excluding carboxylic acids is 1. The van der Waals surface area contributed by atoms with Gasteiger partial charge in [0.15, 0.2) is 6.61 Å². The third kappa shape index (κ3) is 6.84. The van der Waals surface area contributed by atoms with Gasteiger partial charge in [-0.1, -0.05) is 23.7 Å². The van der Waals surface area contributed by atoms with Crippen molar-refractivity contribution >= 4 is 27.5 Å². The van der Waals surface area contributed by atoms with Crippen LogP contribution in [0.25, 0.3) is 0 Å². The molecule has 0 fully saturated rings. The van der Waals surface area contributed by atoms with Crippen LogP contribution in [0.4, 0.5) is 13.2 Å². The zero-order valence-electron chi connectivity index (χ0n) is 17.0. The van der Waals surface area contributed by atoms with Crippen molar-refractivity contribution in [2.75, 3.05) is 13.7 Å². The minimum Gasteiger partial charge on any atom is -0.484 e. The molecule has 0 bridgehead atoms. The number of nitrogens with zero attached hydrogens (tertiary/aromatic N) is 1. The number of hydrogen-bond donors (Lipinski definition) is 1. The standard InChI is InChI=1S/C20H22ClF3N2O4S/c1-13(2)26(3)31(28,29)16-8-9-18(21)17(10-16)19(27)25-11-14-4-6-15(7-5-14)30-12-20(22,23)24/h4-10,13H,11-12H2,1-3H3,(H,25,27). The van der Waals surface area contributed by atoms with Crippen LogP contribution in [-0.2, 0) is 16.6 Å². The summed E-state index contributed by atoms with van der Waals surface area (Å²) in [4.78, 5) is 12.5. The van der Waals surface area contributed by atoms with Crippen LogP contribution in [0.3, 0.4) is 0 Å². The van der Waals surface area contributed by atoms with Gasteiger partial charge in [0.1, 0.15) is 5.75 Å². The van der Waals surface area contributed by atoms with Crippen LogP contribution in [-0.4, -0.2) is 44.5 Å². The molecule has 0 saturated carbocycles. The predicted molar refractivity (Wildman–Crippen MR) is 111 cm³/mol. The van der Waals surface area contributed by atoms with E-state index in [4.69, 9.17) is 11.6 Å². The zero-order valence-corrected chi connectivity index (χ0v) is 18.6. The molecule has 170 valence electrons. The van der Waals surface area contributed by atoms with E-state index in [2.05, 4.69) is 10.1 Å². The van der Waals surface area contributed by atoms with Crippen LogP contribution in [0, 0.1) is 0 Å². The molecule has 0 heterocycles. The van der Waals surface area contributed by atoms with Gasteiger partial charge < -0.3 is 10.1 Å². The summed E-state index contributed by atoms with van der Waals surface area (Å²) in [5, 5.41) is 2.69. The maximum absolute atomic E-state index is 12.7. The summed E-state index contributed by atoms with van der Waals surface area (Å²) >= 11 is 6.08. The fourth-order valence-corrected chi connectivity index (χ4v) is 4.03. The molecule has 6 nitrogen and oxygen atoms in total. The second-order valence-corrected chi connectivity index (χ2v) is 9.39. The topological polar surface area (TPSA) is 75.7 Å². The maximum Gasteiger partial charge on any atom is 0.422 e. The molecule has 0 aromatic heterocycles. The first-order valence-electron chi connectivity index (χ1n) is 9.15. The van der Waals surface area contributed by atoms with Crippen molar-refractivity contribution in [2.45, 2.75) is 37.5 Å². The van der Waals surface area contributed by atoms with E-state index in [0.29, 0.717) is 5.56 Å². The Balaban J connectivity index is 2.09. The average Bonchev–Trinajstić information content (AvgIpc) is 2.70. The SMILES string of the molecule is CC(C)N(C)S(=O)(=O)c1ccc(Cl)c(C(=O)NCc2ccc(OCC(F)(F)F)cc2)c1. The van der Waals surface area contributed by atoms with E-state index in [1.54, 1.807) is 13.8 Å². The zero-order chi connectivity index (χ0) is 23.4. The monoisotopic (exact) mass is 478 g/mol. The predicted octanol–water partition coefficient (Wildman–Crippen LogP) is 4.24. The van der Waals surface area contributed by atoms with Crippen molar-refractivity contribution in [3.05, 3.63) is 58.6 Å². The van der Waals surface area contributed by atoms with Gasteiger partial charge in [-0.25, -0.2) is 8.42 Å². The van der Waals surface area contributed by atoms with Gasteiger partial charge in [0.2, 0.25) is 10.0 Å². The normalized spacial score (nSPS) is 12.3. The third-order valence-corrected chi connectivity index (χ3v) is 6.72. The summed E-state index contributed by atoms with van der Waals surface area (Å²) in [5.74, 6) is -0.547. The molecule has 2 aromatic rings. The summed E-state index contributed by atoms with van der Waals surface area (Å²) < 4.78 is 67.7. The first kappa shape index (κ1) is 25.0. The van der Waals surface area contributed by atoms with Crippen LogP contribution in [0.2, 0.25) is 5.02 Å². The summed E-state index contributed by atoms with van der Waals surface area (Å²) in [6, 6.07) is 9.32. The van der Waals surface area contributed by atoms with Crippen LogP contribution < -0.4 is 10.1 Å². The molecular formula is C20H22ClF3N2O4S. The second kappa shape index (κ2) is 9.88. The first-order valence-corrected chi connectivity index (χ1v) is 11.0. The number of rotatable bonds is 8. The summed E-state index contributed by atoms with van der Waals surface area (Å²) in [7, 11) is -2.36. The second-order valence-electron chi connectivity index (χ2n) is 6.99. The van der Waals surface area contributed by atoms with Crippen molar-refractivity contribution in [1.82, 2.24) is 9.62 Å². The molecule has 0 saturated heterocycles. The van der Waals surface area contributed by atoms with Gasteiger partial charge in [-0.3, -0.25) is 4.79 Å². The highest BCUT2D eigenvalue weighted by molar-refractivity contribution is 7.89. The highest BCUT2D eigenvalue weighted by Gasteiger charge is 2.28. The van der Waals surface area contributed by atoms with Crippen molar-refractivity contribution in [1.29, 1.82) is 0 Å². The number of halogens is 4. The highest BCUT2D eigenvalue weighted by atomic mass is 35.5. The lowest BCUT2D eigenvalue weighted by atomic mass is 10.2. The fraction of sp³-hybridized carbons (Fsp3) is 0.350. The molecule has 31 heavy (non-hydrogen) atoms. The van der Waals surface area contributed by atoms with Gasteiger partial charge >= 0.3 is 6.18 Å². The molecule has 0 unspecified atom stereocenters. The molecule has 0 radical (unpaired) electrons. The number of amides is 1. The molecule has 0 aliphatic rings. The quantitative estimate of drug-likeness (QED) is 0.615. The van der Waals surface area contributed by atoms with E-state index in [9.17, 15) is 26.4 Å². The average molecular weight is 479 g/mol. The summed E-state index contributed by atoms with van der Waals surface area (Å²) in [5.41, 5.74) is 0.595. The number of nitrogens with one attached hydrogen (secondary N) is 1. The molecule has 2 aromatic carbocycles. The van der Waals surface area contributed by atoms with E-state index in [1.807, 2.05) is 0 Å². The molecule has 0 atom stereocenters. The number of ether oxygens (including phenoxy) is 1. The van der Waals surface area contributed by atoms with Gasteiger partial charge in [0.05, 0.1) is 15.5 Å². The Morgan fingerprint density at radius 3 is 2.32 bits per heavy atom. The minimum atomic E-state index is -4.43. The summed E-state index contributed by atoms with van der Waals surface area (Å²) in [6.45, 7) is 2.10. The lowest BCUT2D eigenvalue weighted by Gasteiger charge is -2.21. The Morgan fingerprint density at radius 1 is 1.16 bits per heavy atom. The van der Waals surface area contributed by atoms with Crippen molar-refractivity contribution in [2.24, 2.45) is 0 Å². The van der Waals surface area contributed by atoms with Gasteiger partial charge in [-0.15, -0.1) is 0 Å². The molecule has 0 aliphatic heterocycles. The Morgan fingerprint density at radius 2 is 1.77 bits per heavy atom. The number of hydrogen-bond acceptors (Lipinski definition) is 4. The smallest absolute Gasteiger partial charge is 0.422 e. The van der Waals surface area contributed by atoms with Gasteiger partial charge in [0.25, 0.3) is 5.91 Å². The number of sulfonamides is 1. The van der Waals surface area contributed by atoms with Gasteiger partial charge in [0, 0.05) is 19.6 Å². The van der Waals surface area contributed by atoms with Crippen molar-refractivity contribution < 1.29 is 31.1 Å². The third-order valence-electron chi connectivity index (χ3n) is 4.37. The number of benzene rings is 2. The van der Waals surface area contributed by atoms with Crippen LogP contribution in [0.5, 0.6) is 5.75 Å². The van der Waals surface area contributed by atoms with E-state index < -0.39 is 28.7 Å². The fourth-order valence-electron chi connectivity index (χ4n) is 2.43. The molecule has 11 heteroatoms. The lowest BCUT2D eigenvalue weighted by Crippen LogP contribution is -2.33. The van der Waals surface area contributed by atoms with E-state index >= 15 is 0 Å². The Labute approximate surface area is 184 Å². The molecule has 1 N–H and O–H groups in total. The van der Waals surface area contributed by atoms with Crippen LogP contribution in [0.1, 0.15) is 29.8 Å². The van der Waals surface area contributed by atoms with Crippen LogP contribution >= 0.6 is 11.6 Å².